The van der Waals surface area contributed by atoms with Crippen molar-refractivity contribution in [1.82, 2.24) is 0 Å². The monoisotopic (exact) mass is 234 g/mol. The van der Waals surface area contributed by atoms with Gasteiger partial charge >= 0.3 is 0 Å². The number of hydrogen-bond acceptors (Lipinski definition) is 3. The van der Waals surface area contributed by atoms with Crippen LogP contribution in [0, 0.1) is 5.92 Å². The Balaban J connectivity index is 1.85. The Bertz CT molecular complexity index is 412. The zero-order valence-corrected chi connectivity index (χ0v) is 10.1. The van der Waals surface area contributed by atoms with Crippen LogP contribution in [-0.4, -0.2) is 18.3 Å². The Morgan fingerprint density at radius 2 is 2.18 bits per heavy atom. The molecular formula is C14H18O3. The van der Waals surface area contributed by atoms with Crippen molar-refractivity contribution in [3.05, 3.63) is 23.8 Å². The van der Waals surface area contributed by atoms with Gasteiger partial charge in [-0.1, -0.05) is 6.42 Å². The van der Waals surface area contributed by atoms with Gasteiger partial charge in [0, 0.05) is 12.0 Å². The van der Waals surface area contributed by atoms with Crippen molar-refractivity contribution in [2.24, 2.45) is 5.92 Å². The van der Waals surface area contributed by atoms with E-state index in [1.807, 2.05) is 18.2 Å². The number of hydrogen-bond donors (Lipinski definition) is 1. The summed E-state index contributed by atoms with van der Waals surface area (Å²) in [5, 5.41) is 10.2. The van der Waals surface area contributed by atoms with Crippen LogP contribution in [0.4, 0.5) is 0 Å². The van der Waals surface area contributed by atoms with Gasteiger partial charge in [0.1, 0.15) is 17.6 Å². The topological polar surface area (TPSA) is 38.7 Å². The predicted molar refractivity (Wildman–Crippen MR) is 64.3 cm³/mol. The van der Waals surface area contributed by atoms with E-state index in [4.69, 9.17) is 9.47 Å². The van der Waals surface area contributed by atoms with Gasteiger partial charge in [0.15, 0.2) is 0 Å². The lowest BCUT2D eigenvalue weighted by atomic mass is 9.78. The molecule has 0 aromatic heterocycles. The van der Waals surface area contributed by atoms with Crippen LogP contribution in [0.5, 0.6) is 11.5 Å². The van der Waals surface area contributed by atoms with Gasteiger partial charge in [0.05, 0.1) is 13.2 Å². The molecule has 3 rings (SSSR count). The second-order valence-electron chi connectivity index (χ2n) is 5.00. The summed E-state index contributed by atoms with van der Waals surface area (Å²) in [6.45, 7) is 0. The second kappa shape index (κ2) is 4.22. The maximum atomic E-state index is 10.2. The summed E-state index contributed by atoms with van der Waals surface area (Å²) in [5.41, 5.74) is 0.861. The minimum Gasteiger partial charge on any atom is -0.497 e. The molecule has 0 radical (unpaired) electrons. The normalized spacial score (nSPS) is 27.9. The lowest BCUT2D eigenvalue weighted by Gasteiger charge is -2.38. The quantitative estimate of drug-likeness (QED) is 0.855. The molecule has 1 saturated carbocycles. The summed E-state index contributed by atoms with van der Waals surface area (Å²) in [6.07, 6.45) is 4.27. The number of rotatable bonds is 2. The lowest BCUT2D eigenvalue weighted by Crippen LogP contribution is -2.36. The molecule has 1 N–H and O–H groups in total. The van der Waals surface area contributed by atoms with Crippen molar-refractivity contribution in [3.63, 3.8) is 0 Å². The van der Waals surface area contributed by atoms with Crippen LogP contribution in [0.1, 0.15) is 37.4 Å². The first-order valence-electron chi connectivity index (χ1n) is 6.30. The Morgan fingerprint density at radius 1 is 1.35 bits per heavy atom. The van der Waals surface area contributed by atoms with E-state index in [2.05, 4.69) is 0 Å². The number of fused-ring (bicyclic) bond motifs is 1. The highest BCUT2D eigenvalue weighted by atomic mass is 16.5. The fourth-order valence-electron chi connectivity index (χ4n) is 2.68. The van der Waals surface area contributed by atoms with Crippen LogP contribution in [0.3, 0.4) is 0 Å². The highest BCUT2D eigenvalue weighted by Crippen LogP contribution is 2.42. The third kappa shape index (κ3) is 1.89. The van der Waals surface area contributed by atoms with Gasteiger partial charge in [-0.2, -0.15) is 0 Å². The third-order valence-corrected chi connectivity index (χ3v) is 3.99. The smallest absolute Gasteiger partial charge is 0.125 e. The van der Waals surface area contributed by atoms with Crippen LogP contribution in [0.15, 0.2) is 18.2 Å². The first-order valence-corrected chi connectivity index (χ1v) is 6.30. The first-order chi connectivity index (χ1) is 8.28. The van der Waals surface area contributed by atoms with Gasteiger partial charge in [0.25, 0.3) is 0 Å². The minimum atomic E-state index is -0.417. The lowest BCUT2D eigenvalue weighted by molar-refractivity contribution is 0.0104. The van der Waals surface area contributed by atoms with Crippen molar-refractivity contribution in [2.75, 3.05) is 7.11 Å². The van der Waals surface area contributed by atoms with Crippen LogP contribution < -0.4 is 9.47 Å². The number of aliphatic hydroxyl groups excluding tert-OH is 1. The van der Waals surface area contributed by atoms with Crippen molar-refractivity contribution in [3.8, 4) is 11.5 Å². The van der Waals surface area contributed by atoms with E-state index in [1.165, 1.54) is 19.3 Å². The molecule has 1 unspecified atom stereocenters. The fraction of sp³-hybridized carbons (Fsp3) is 0.571. The number of aliphatic hydroxyl groups is 1. The van der Waals surface area contributed by atoms with Crippen LogP contribution in [0.2, 0.25) is 0 Å². The van der Waals surface area contributed by atoms with Crippen molar-refractivity contribution in [1.29, 1.82) is 0 Å². The molecule has 17 heavy (non-hydrogen) atoms. The summed E-state index contributed by atoms with van der Waals surface area (Å²) in [7, 11) is 1.63. The van der Waals surface area contributed by atoms with Crippen molar-refractivity contribution >= 4 is 0 Å². The van der Waals surface area contributed by atoms with Gasteiger partial charge in [-0.15, -0.1) is 0 Å². The molecule has 0 bridgehead atoms. The Morgan fingerprint density at radius 3 is 2.82 bits per heavy atom. The number of ether oxygens (including phenoxy) is 2. The standard InChI is InChI=1S/C14H18O3/c1-16-10-5-6-13-11(7-10)12(15)8-14(17-13)9-3-2-4-9/h5-7,9,12,14-15H,2-4,8H2,1H3/t12-,14?/m1/s1. The Kier molecular flexibility index (Phi) is 2.71. The molecule has 92 valence electrons. The maximum Gasteiger partial charge on any atom is 0.125 e. The summed E-state index contributed by atoms with van der Waals surface area (Å²) >= 11 is 0. The van der Waals surface area contributed by atoms with Crippen LogP contribution in [-0.2, 0) is 0 Å². The molecule has 1 aromatic carbocycles. The molecule has 0 spiro atoms. The fourth-order valence-corrected chi connectivity index (χ4v) is 2.68. The van der Waals surface area contributed by atoms with Crippen molar-refractivity contribution in [2.45, 2.75) is 37.9 Å². The number of benzene rings is 1. The molecule has 1 heterocycles. The molecule has 1 fully saturated rings. The van der Waals surface area contributed by atoms with Crippen LogP contribution in [0.25, 0.3) is 0 Å². The zero-order chi connectivity index (χ0) is 11.8. The Labute approximate surface area is 101 Å². The average molecular weight is 234 g/mol. The molecule has 1 aliphatic heterocycles. The second-order valence-corrected chi connectivity index (χ2v) is 5.00. The van der Waals surface area contributed by atoms with Gasteiger partial charge in [-0.05, 0) is 37.0 Å². The molecule has 3 heteroatoms. The zero-order valence-electron chi connectivity index (χ0n) is 10.1. The molecule has 1 aliphatic carbocycles. The van der Waals surface area contributed by atoms with Gasteiger partial charge < -0.3 is 14.6 Å². The highest BCUT2D eigenvalue weighted by Gasteiger charge is 2.35. The molecule has 1 aromatic rings. The van der Waals surface area contributed by atoms with Crippen molar-refractivity contribution < 1.29 is 14.6 Å². The van der Waals surface area contributed by atoms with Gasteiger partial charge in [0.2, 0.25) is 0 Å². The van der Waals surface area contributed by atoms with Gasteiger partial charge in [-0.3, -0.25) is 0 Å². The molecule has 0 amide bonds. The van der Waals surface area contributed by atoms with E-state index in [1.54, 1.807) is 7.11 Å². The van der Waals surface area contributed by atoms with E-state index < -0.39 is 6.10 Å². The Hall–Kier alpha value is -1.22. The summed E-state index contributed by atoms with van der Waals surface area (Å²) < 4.78 is 11.2. The first kappa shape index (κ1) is 10.9. The van der Waals surface area contributed by atoms with Crippen LogP contribution >= 0.6 is 0 Å². The summed E-state index contributed by atoms with van der Waals surface area (Å²) in [4.78, 5) is 0. The van der Waals surface area contributed by atoms with E-state index in [0.29, 0.717) is 12.3 Å². The van der Waals surface area contributed by atoms with E-state index >= 15 is 0 Å². The molecule has 2 atom stereocenters. The molecular weight excluding hydrogens is 216 g/mol. The molecule has 0 saturated heterocycles. The minimum absolute atomic E-state index is 0.194. The molecule has 2 aliphatic rings. The SMILES string of the molecule is COc1ccc2c(c1)[C@H](O)CC(C1CCC1)O2. The van der Waals surface area contributed by atoms with E-state index in [-0.39, 0.29) is 6.10 Å². The molecule has 3 nitrogen and oxygen atoms in total. The third-order valence-electron chi connectivity index (χ3n) is 3.99. The average Bonchev–Trinajstić information content (AvgIpc) is 2.26. The maximum absolute atomic E-state index is 10.2. The van der Waals surface area contributed by atoms with Gasteiger partial charge in [-0.25, -0.2) is 0 Å². The van der Waals surface area contributed by atoms with E-state index in [0.717, 1.165) is 17.1 Å². The largest absolute Gasteiger partial charge is 0.497 e. The highest BCUT2D eigenvalue weighted by molar-refractivity contribution is 5.43. The predicted octanol–water partition coefficient (Wildman–Crippen LogP) is 2.68. The number of methoxy groups -OCH3 is 1. The van der Waals surface area contributed by atoms with E-state index in [9.17, 15) is 5.11 Å². The summed E-state index contributed by atoms with van der Waals surface area (Å²) in [5.74, 6) is 2.23. The summed E-state index contributed by atoms with van der Waals surface area (Å²) in [6, 6.07) is 5.66.